The summed E-state index contributed by atoms with van der Waals surface area (Å²) in [5.41, 5.74) is 2.47. The van der Waals surface area contributed by atoms with Crippen LogP contribution in [0.15, 0.2) is 24.3 Å². The fraction of sp³-hybridized carbons (Fsp3) is 0.640. The van der Waals surface area contributed by atoms with Gasteiger partial charge in [-0.25, -0.2) is 0 Å². The Balaban J connectivity index is 0.000000280. The van der Waals surface area contributed by atoms with Gasteiger partial charge >= 0.3 is 0 Å². The Hall–Kier alpha value is -3.87. The highest BCUT2D eigenvalue weighted by atomic mass is 35.5. The molecule has 0 spiro atoms. The number of halogens is 3. The molecule has 4 aliphatic rings. The lowest BCUT2D eigenvalue weighted by atomic mass is 9.85. The molecular formula is C50H73Cl3N6O6. The molecule has 15 heteroatoms. The van der Waals surface area contributed by atoms with E-state index >= 15 is 0 Å². The number of benzene rings is 2. The van der Waals surface area contributed by atoms with Gasteiger partial charge in [-0.2, -0.15) is 0 Å². The van der Waals surface area contributed by atoms with Crippen molar-refractivity contribution in [2.45, 2.75) is 181 Å². The summed E-state index contributed by atoms with van der Waals surface area (Å²) in [6.07, 6.45) is 11.8. The lowest BCUT2D eigenvalue weighted by Crippen LogP contribution is -2.46. The van der Waals surface area contributed by atoms with Gasteiger partial charge in [0.2, 0.25) is 23.6 Å². The van der Waals surface area contributed by atoms with Gasteiger partial charge in [0.05, 0.1) is 32.0 Å². The molecule has 6 rings (SSSR count). The fourth-order valence-electron chi connectivity index (χ4n) is 9.97. The maximum Gasteiger partial charge on any atom is 0.255 e. The molecule has 65 heavy (non-hydrogen) atoms. The number of fused-ring (bicyclic) bond motifs is 2. The van der Waals surface area contributed by atoms with E-state index in [1.807, 2.05) is 65.2 Å². The maximum atomic E-state index is 13.7. The van der Waals surface area contributed by atoms with Crippen molar-refractivity contribution >= 4 is 82.4 Å². The molecule has 2 heterocycles. The summed E-state index contributed by atoms with van der Waals surface area (Å²) in [5.74, 6) is -0.350. The first-order chi connectivity index (χ1) is 30.2. The third kappa shape index (κ3) is 11.6. The van der Waals surface area contributed by atoms with Crippen LogP contribution in [-0.2, 0) is 30.0 Å². The average Bonchev–Trinajstić information content (AvgIpc) is 3.55. The second kappa shape index (κ2) is 22.8. The molecule has 6 amide bonds. The van der Waals surface area contributed by atoms with Crippen LogP contribution in [0.1, 0.15) is 178 Å². The number of rotatable bonds is 14. The van der Waals surface area contributed by atoms with Crippen molar-refractivity contribution in [1.82, 2.24) is 20.4 Å². The third-order valence-electron chi connectivity index (χ3n) is 13.6. The second-order valence-corrected chi connectivity index (χ2v) is 20.3. The zero-order chi connectivity index (χ0) is 47.3. The molecule has 0 radical (unpaired) electrons. The molecule has 2 aliphatic heterocycles. The lowest BCUT2D eigenvalue weighted by molar-refractivity contribution is -0.123. The molecule has 2 aromatic carbocycles. The smallest absolute Gasteiger partial charge is 0.255 e. The van der Waals surface area contributed by atoms with Crippen LogP contribution in [0.25, 0.3) is 0 Å². The predicted octanol–water partition coefficient (Wildman–Crippen LogP) is 9.77. The quantitative estimate of drug-likeness (QED) is 0.193. The number of hydrogen-bond acceptors (Lipinski definition) is 6. The summed E-state index contributed by atoms with van der Waals surface area (Å²) in [6.45, 7) is 20.7. The maximum absolute atomic E-state index is 13.7. The molecule has 2 saturated carbocycles. The van der Waals surface area contributed by atoms with Gasteiger partial charge < -0.3 is 30.2 Å². The van der Waals surface area contributed by atoms with Crippen LogP contribution in [0.4, 0.5) is 11.4 Å². The third-order valence-corrected chi connectivity index (χ3v) is 14.2. The Kier molecular flexibility index (Phi) is 18.8. The number of carbonyl (C=O) groups excluding carboxylic acids is 6. The number of nitrogens with zero attached hydrogens (tertiary/aromatic N) is 4. The highest BCUT2D eigenvalue weighted by molar-refractivity contribution is 6.35. The predicted molar refractivity (Wildman–Crippen MR) is 264 cm³/mol. The van der Waals surface area contributed by atoms with E-state index in [-0.39, 0.29) is 72.0 Å². The van der Waals surface area contributed by atoms with Gasteiger partial charge in [-0.1, -0.05) is 75.6 Å². The summed E-state index contributed by atoms with van der Waals surface area (Å²) in [5, 5.41) is 6.43. The number of anilines is 2. The first-order valence-electron chi connectivity index (χ1n) is 23.7. The van der Waals surface area contributed by atoms with Gasteiger partial charge in [-0.05, 0) is 116 Å². The van der Waals surface area contributed by atoms with Gasteiger partial charge in [-0.15, -0.1) is 12.4 Å². The van der Waals surface area contributed by atoms with Crippen molar-refractivity contribution in [1.29, 1.82) is 0 Å². The number of carbonyl (C=O) groups is 6. The summed E-state index contributed by atoms with van der Waals surface area (Å²) in [6, 6.07) is 7.71. The number of nitrogens with one attached hydrogen (secondary N) is 2. The van der Waals surface area contributed by atoms with Crippen molar-refractivity contribution in [2.24, 2.45) is 0 Å². The Labute approximate surface area is 403 Å². The van der Waals surface area contributed by atoms with Crippen LogP contribution >= 0.6 is 35.6 Å². The SMILES string of the molecule is CCC(=O)NCCN1C(=O)C(C)(C)c2cc(Cl)c(C(=O)N(C(C)C)C3CCCCC3)cc21.CCC(=O)NCCN1C(=O)C(C)(C)c2cc(Cl)c(C(=O)N(C(C)C)C3CCCCC3)cc21.Cl. The highest BCUT2D eigenvalue weighted by Gasteiger charge is 2.46. The Morgan fingerprint density at radius 2 is 0.938 bits per heavy atom. The van der Waals surface area contributed by atoms with E-state index in [4.69, 9.17) is 23.2 Å². The molecule has 2 N–H and O–H groups in total. The van der Waals surface area contributed by atoms with Crippen molar-refractivity contribution in [3.63, 3.8) is 0 Å². The molecule has 0 unspecified atom stereocenters. The molecule has 0 saturated heterocycles. The number of hydrogen-bond donors (Lipinski definition) is 2. The van der Waals surface area contributed by atoms with E-state index in [1.165, 1.54) is 12.8 Å². The minimum Gasteiger partial charge on any atom is -0.354 e. The van der Waals surface area contributed by atoms with Crippen molar-refractivity contribution < 1.29 is 28.8 Å². The minimum absolute atomic E-state index is 0. The lowest BCUT2D eigenvalue weighted by Gasteiger charge is -2.37. The standard InChI is InChI=1S/2C25H36ClN3O3.ClH/c2*1-6-22(30)27-12-13-28-21-14-18(20(26)15-19(21)25(4,5)24(28)32)23(31)29(16(2)3)17-10-8-7-9-11-17;/h2*14-17H,6-13H2,1-5H3,(H,27,30);1H. The largest absolute Gasteiger partial charge is 0.354 e. The van der Waals surface area contributed by atoms with Gasteiger partial charge in [-0.3, -0.25) is 28.8 Å². The van der Waals surface area contributed by atoms with E-state index in [0.717, 1.165) is 62.5 Å². The molecular weight excluding hydrogens is 887 g/mol. The van der Waals surface area contributed by atoms with Crippen LogP contribution in [0.5, 0.6) is 0 Å². The average molecular weight is 961 g/mol. The fourth-order valence-corrected chi connectivity index (χ4v) is 10.5. The van der Waals surface area contributed by atoms with Crippen molar-refractivity contribution in [2.75, 3.05) is 36.0 Å². The summed E-state index contributed by atoms with van der Waals surface area (Å²) in [4.78, 5) is 84.3. The summed E-state index contributed by atoms with van der Waals surface area (Å²) >= 11 is 13.3. The first kappa shape index (κ1) is 53.7. The van der Waals surface area contributed by atoms with E-state index in [2.05, 4.69) is 10.6 Å². The second-order valence-electron chi connectivity index (χ2n) is 19.5. The highest BCUT2D eigenvalue weighted by Crippen LogP contribution is 2.46. The molecule has 0 bridgehead atoms. The molecule has 2 aromatic rings. The molecule has 360 valence electrons. The first-order valence-corrected chi connectivity index (χ1v) is 24.4. The minimum atomic E-state index is -0.740. The van der Waals surface area contributed by atoms with Crippen LogP contribution in [-0.4, -0.2) is 95.6 Å². The van der Waals surface area contributed by atoms with E-state index in [1.54, 1.807) is 47.9 Å². The van der Waals surface area contributed by atoms with Crippen LogP contribution < -0.4 is 20.4 Å². The topological polar surface area (TPSA) is 139 Å². The molecule has 2 aliphatic carbocycles. The van der Waals surface area contributed by atoms with Gasteiger partial charge in [0, 0.05) is 74.6 Å². The zero-order valence-electron chi connectivity index (χ0n) is 40.3. The van der Waals surface area contributed by atoms with E-state index in [0.29, 0.717) is 71.6 Å². The van der Waals surface area contributed by atoms with Crippen molar-refractivity contribution in [3.05, 3.63) is 56.6 Å². The van der Waals surface area contributed by atoms with E-state index < -0.39 is 10.8 Å². The van der Waals surface area contributed by atoms with Crippen LogP contribution in [0.3, 0.4) is 0 Å². The number of amides is 6. The molecule has 0 aromatic heterocycles. The molecule has 0 atom stereocenters. The molecule has 2 fully saturated rings. The monoisotopic (exact) mass is 958 g/mol. The van der Waals surface area contributed by atoms with Crippen LogP contribution in [0, 0.1) is 0 Å². The zero-order valence-corrected chi connectivity index (χ0v) is 42.7. The molecule has 12 nitrogen and oxygen atoms in total. The van der Waals surface area contributed by atoms with Crippen LogP contribution in [0.2, 0.25) is 10.0 Å². The van der Waals surface area contributed by atoms with Gasteiger partial charge in [0.25, 0.3) is 11.8 Å². The Morgan fingerprint density at radius 3 is 1.23 bits per heavy atom. The van der Waals surface area contributed by atoms with Gasteiger partial charge in [0.1, 0.15) is 0 Å². The van der Waals surface area contributed by atoms with E-state index in [9.17, 15) is 28.8 Å². The summed E-state index contributed by atoms with van der Waals surface area (Å²) in [7, 11) is 0. The summed E-state index contributed by atoms with van der Waals surface area (Å²) < 4.78 is 0. The van der Waals surface area contributed by atoms with Crippen molar-refractivity contribution in [3.8, 4) is 0 Å². The normalized spacial score (nSPS) is 17.8. The Morgan fingerprint density at radius 1 is 0.615 bits per heavy atom. The Bertz CT molecular complexity index is 1930. The van der Waals surface area contributed by atoms with Gasteiger partial charge in [0.15, 0.2) is 0 Å².